The van der Waals surface area contributed by atoms with Gasteiger partial charge in [-0.25, -0.2) is 14.6 Å². The molecule has 8 rings (SSSR count). The number of pyridine rings is 2. The predicted octanol–water partition coefficient (Wildman–Crippen LogP) is 11.5. The Morgan fingerprint density at radius 1 is 0.550 bits per heavy atom. The van der Waals surface area contributed by atoms with Crippen LogP contribution in [0.1, 0.15) is 54.4 Å². The summed E-state index contributed by atoms with van der Waals surface area (Å²) in [6.07, 6.45) is 0. The highest BCUT2D eigenvalue weighted by molar-refractivity contribution is 7.98. The number of carboxylic acids is 2. The van der Waals surface area contributed by atoms with Gasteiger partial charge in [0.15, 0.2) is 0 Å². The van der Waals surface area contributed by atoms with E-state index in [-0.39, 0.29) is 17.7 Å². The molecule has 0 saturated heterocycles. The van der Waals surface area contributed by atoms with Crippen LogP contribution in [0.3, 0.4) is 0 Å². The summed E-state index contributed by atoms with van der Waals surface area (Å²) in [4.78, 5) is 32.9. The van der Waals surface area contributed by atoms with Gasteiger partial charge in [-0.3, -0.25) is 4.98 Å². The molecule has 8 aromatic rings. The molecule has 0 aliphatic rings. The van der Waals surface area contributed by atoms with E-state index in [1.807, 2.05) is 116 Å². The molecule has 300 valence electrons. The minimum Gasteiger partial charge on any atom is -0.489 e. The van der Waals surface area contributed by atoms with E-state index < -0.39 is 11.9 Å². The van der Waals surface area contributed by atoms with Crippen molar-refractivity contribution in [2.24, 2.45) is 0 Å². The Kier molecular flexibility index (Phi) is 13.3. The number of fused-ring (bicyclic) bond motifs is 2. The van der Waals surface area contributed by atoms with Crippen molar-refractivity contribution in [2.45, 2.75) is 44.3 Å². The summed E-state index contributed by atoms with van der Waals surface area (Å²) in [7, 11) is 0. The Bertz CT molecular complexity index is 2790. The summed E-state index contributed by atoms with van der Waals surface area (Å²) in [5, 5.41) is 20.6. The molecule has 60 heavy (non-hydrogen) atoms. The number of thioether (sulfide) groups is 1. The molecule has 2 aromatic heterocycles. The molecule has 2 N–H and O–H groups in total. The maximum absolute atomic E-state index is 11.3. The second-order valence-corrected chi connectivity index (χ2v) is 14.9. The number of carbonyl (C=O) groups is 2. The molecule has 9 nitrogen and oxygen atoms in total. The average Bonchev–Trinajstić information content (AvgIpc) is 3.27. The molecule has 0 unspecified atom stereocenters. The van der Waals surface area contributed by atoms with Gasteiger partial charge in [-0.2, -0.15) is 0 Å². The third-order valence-corrected chi connectivity index (χ3v) is 10.8. The lowest BCUT2D eigenvalue weighted by molar-refractivity contribution is 0.0685. The zero-order valence-electron chi connectivity index (χ0n) is 33.1. The van der Waals surface area contributed by atoms with Crippen LogP contribution in [0.25, 0.3) is 21.8 Å². The maximum atomic E-state index is 11.3. The lowest BCUT2D eigenvalue weighted by Gasteiger charge is -2.15. The molecule has 10 heteroatoms. The van der Waals surface area contributed by atoms with Gasteiger partial charge in [0.05, 0.1) is 33.5 Å². The van der Waals surface area contributed by atoms with Gasteiger partial charge in [-0.15, -0.1) is 11.8 Å². The second kappa shape index (κ2) is 19.5. The molecule has 0 radical (unpaired) electrons. The first kappa shape index (κ1) is 41.0. The van der Waals surface area contributed by atoms with E-state index in [0.29, 0.717) is 24.5 Å². The number of aromatic carboxylic acids is 2. The van der Waals surface area contributed by atoms with E-state index in [9.17, 15) is 14.7 Å². The first-order valence-electron chi connectivity index (χ1n) is 19.2. The Balaban J connectivity index is 0.000000182. The van der Waals surface area contributed by atoms with Crippen LogP contribution >= 0.6 is 11.8 Å². The van der Waals surface area contributed by atoms with Crippen LogP contribution in [0, 0.1) is 13.8 Å². The fourth-order valence-corrected chi connectivity index (χ4v) is 7.28. The first-order chi connectivity index (χ1) is 29.2. The van der Waals surface area contributed by atoms with E-state index >= 15 is 0 Å². The van der Waals surface area contributed by atoms with Crippen molar-refractivity contribution >= 4 is 45.5 Å². The molecule has 0 atom stereocenters. The van der Waals surface area contributed by atoms with Crippen LogP contribution < -0.4 is 14.2 Å². The predicted molar refractivity (Wildman–Crippen MR) is 235 cm³/mol. The smallest absolute Gasteiger partial charge is 0.335 e. The van der Waals surface area contributed by atoms with Crippen LogP contribution in [-0.2, 0) is 25.6 Å². The van der Waals surface area contributed by atoms with Gasteiger partial charge in [0.25, 0.3) is 0 Å². The quantitative estimate of drug-likeness (QED) is 0.102. The molecular weight excluding hydrogens is 773 g/mol. The number of hydrogen-bond donors (Lipinski definition) is 2. The van der Waals surface area contributed by atoms with E-state index in [2.05, 4.69) is 23.2 Å². The van der Waals surface area contributed by atoms with Crippen LogP contribution in [0.4, 0.5) is 0 Å². The SMILES string of the molecule is Cc1c(OCc2ccc3ccccc3n2)cccc1OCc1cccc(C(=O)O)c1C.O=C(O)c1cccc(COc2cccc(SCc3ccc4ccccc4n3)c2)c1. The number of nitrogens with zero attached hydrogens (tertiary/aromatic N) is 2. The molecule has 6 aromatic carbocycles. The Morgan fingerprint density at radius 3 is 1.90 bits per heavy atom. The van der Waals surface area contributed by atoms with Crippen molar-refractivity contribution < 1.29 is 34.0 Å². The summed E-state index contributed by atoms with van der Waals surface area (Å²) < 4.78 is 17.9. The summed E-state index contributed by atoms with van der Waals surface area (Å²) >= 11 is 1.70. The maximum Gasteiger partial charge on any atom is 0.335 e. The van der Waals surface area contributed by atoms with E-state index in [4.69, 9.17) is 24.3 Å². The van der Waals surface area contributed by atoms with Gasteiger partial charge in [0, 0.05) is 27.0 Å². The van der Waals surface area contributed by atoms with Gasteiger partial charge in [0.2, 0.25) is 0 Å². The monoisotopic (exact) mass is 814 g/mol. The molecule has 2 heterocycles. The highest BCUT2D eigenvalue weighted by Crippen LogP contribution is 2.30. The molecule has 0 amide bonds. The largest absolute Gasteiger partial charge is 0.489 e. The number of hydrogen-bond acceptors (Lipinski definition) is 8. The number of benzene rings is 6. The normalized spacial score (nSPS) is 10.8. The van der Waals surface area contributed by atoms with E-state index in [1.54, 1.807) is 49.0 Å². The Hall–Kier alpha value is -7.17. The number of rotatable bonds is 14. The molecular formula is C50H42N2O7S. The lowest BCUT2D eigenvalue weighted by atomic mass is 10.0. The average molecular weight is 815 g/mol. The van der Waals surface area contributed by atoms with Crippen LogP contribution in [-0.4, -0.2) is 32.1 Å². The molecule has 0 bridgehead atoms. The van der Waals surface area contributed by atoms with E-state index in [0.717, 1.165) is 72.0 Å². The topological polar surface area (TPSA) is 128 Å². The lowest BCUT2D eigenvalue weighted by Crippen LogP contribution is -2.06. The summed E-state index contributed by atoms with van der Waals surface area (Å²) in [5.41, 5.74) is 7.64. The van der Waals surface area contributed by atoms with Crippen molar-refractivity contribution in [3.63, 3.8) is 0 Å². The molecule has 0 aliphatic heterocycles. The summed E-state index contributed by atoms with van der Waals surface area (Å²) in [5.74, 6) is 1.07. The Labute approximate surface area is 352 Å². The highest BCUT2D eigenvalue weighted by atomic mass is 32.2. The fourth-order valence-electron chi connectivity index (χ4n) is 6.43. The van der Waals surface area contributed by atoms with Crippen molar-refractivity contribution in [1.82, 2.24) is 9.97 Å². The van der Waals surface area contributed by atoms with Gasteiger partial charge >= 0.3 is 11.9 Å². The van der Waals surface area contributed by atoms with Gasteiger partial charge in [-0.05, 0) is 103 Å². The third kappa shape index (κ3) is 10.7. The second-order valence-electron chi connectivity index (χ2n) is 13.9. The molecule has 0 saturated carbocycles. The minimum absolute atomic E-state index is 0.262. The molecule has 0 spiro atoms. The van der Waals surface area contributed by atoms with Gasteiger partial charge in [-0.1, -0.05) is 84.9 Å². The number of para-hydroxylation sites is 2. The summed E-state index contributed by atoms with van der Waals surface area (Å²) in [6.45, 7) is 4.70. The molecule has 0 fully saturated rings. The van der Waals surface area contributed by atoms with Crippen LogP contribution in [0.2, 0.25) is 0 Å². The summed E-state index contributed by atoms with van der Waals surface area (Å²) in [6, 6.07) is 49.8. The van der Waals surface area contributed by atoms with E-state index in [1.165, 1.54) is 0 Å². The number of ether oxygens (including phenoxy) is 3. The highest BCUT2D eigenvalue weighted by Gasteiger charge is 2.13. The minimum atomic E-state index is -0.937. The fraction of sp³-hybridized carbons (Fsp3) is 0.120. The Morgan fingerprint density at radius 2 is 1.18 bits per heavy atom. The van der Waals surface area contributed by atoms with Gasteiger partial charge < -0.3 is 24.4 Å². The van der Waals surface area contributed by atoms with Crippen LogP contribution in [0.5, 0.6) is 17.2 Å². The standard InChI is InChI=1S/C26H23NO4.C24H19NO3S/c1-17-20(8-5-9-22(17)26(28)29)15-30-24-11-6-12-25(18(24)2)31-16-21-14-13-19-7-3-4-10-23(19)27-21;26-24(27)19-7-3-5-17(13-19)15-28-21-8-4-9-22(14-21)29-16-20-12-11-18-6-1-2-10-23(18)25-20/h3-14H,15-16H2,1-2H3,(H,28,29);1-14H,15-16H2,(H,26,27). The third-order valence-electron chi connectivity index (χ3n) is 9.75. The zero-order chi connectivity index (χ0) is 41.8. The molecule has 0 aliphatic carbocycles. The number of aromatic nitrogens is 2. The van der Waals surface area contributed by atoms with Gasteiger partial charge in [0.1, 0.15) is 37.1 Å². The van der Waals surface area contributed by atoms with Crippen molar-refractivity contribution in [3.8, 4) is 17.2 Å². The van der Waals surface area contributed by atoms with Crippen molar-refractivity contribution in [2.75, 3.05) is 0 Å². The zero-order valence-corrected chi connectivity index (χ0v) is 33.9. The first-order valence-corrected chi connectivity index (χ1v) is 20.2. The van der Waals surface area contributed by atoms with Crippen molar-refractivity contribution in [1.29, 1.82) is 0 Å². The van der Waals surface area contributed by atoms with Crippen molar-refractivity contribution in [3.05, 3.63) is 202 Å². The number of carboxylic acid groups (broad SMARTS) is 2. The van der Waals surface area contributed by atoms with Crippen LogP contribution in [0.15, 0.2) is 163 Å².